The molecule has 0 aliphatic carbocycles. The Kier molecular flexibility index (Phi) is 6.15. The summed E-state index contributed by atoms with van der Waals surface area (Å²) in [5.74, 6) is -0.760. The van der Waals surface area contributed by atoms with Crippen LogP contribution in [0.3, 0.4) is 0 Å². The minimum Gasteiger partial charge on any atom is -0.268 e. The fourth-order valence-electron chi connectivity index (χ4n) is 2.14. The van der Waals surface area contributed by atoms with Gasteiger partial charge in [0.15, 0.2) is 0 Å². The van der Waals surface area contributed by atoms with E-state index in [1.807, 2.05) is 36.4 Å². The zero-order valence-electron chi connectivity index (χ0n) is 14.5. The van der Waals surface area contributed by atoms with Crippen molar-refractivity contribution in [3.05, 3.63) is 75.8 Å². The molecule has 0 atom stereocenters. The van der Waals surface area contributed by atoms with Crippen molar-refractivity contribution in [1.29, 1.82) is 0 Å². The van der Waals surface area contributed by atoms with Gasteiger partial charge in [-0.05, 0) is 46.9 Å². The zero-order chi connectivity index (χ0) is 18.4. The highest BCUT2D eigenvalue weighted by atomic mass is 79.9. The number of nitrogens with one attached hydrogen (secondary N) is 2. The van der Waals surface area contributed by atoms with Crippen molar-refractivity contribution in [2.45, 2.75) is 26.2 Å². The molecule has 0 aliphatic heterocycles. The third-order valence-corrected chi connectivity index (χ3v) is 4.08. The molecular weight excluding hydrogens is 380 g/mol. The van der Waals surface area contributed by atoms with Crippen LogP contribution in [0.25, 0.3) is 6.08 Å². The summed E-state index contributed by atoms with van der Waals surface area (Å²) in [5, 5.41) is 0. The number of hydrogen-bond acceptors (Lipinski definition) is 2. The molecule has 0 unspecified atom stereocenters. The summed E-state index contributed by atoms with van der Waals surface area (Å²) >= 11 is 3.37. The third kappa shape index (κ3) is 5.87. The maximum atomic E-state index is 12.1. The highest BCUT2D eigenvalue weighted by Gasteiger charge is 2.14. The standard InChI is InChI=1S/C20H21BrN2O2/c1-20(2,3)16-10-8-15(9-11-16)19(25)23-22-18(24)12-7-14-5-4-6-17(21)13-14/h4-13H,1-3H3,(H,22,24)(H,23,25)/b12-7+. The van der Waals surface area contributed by atoms with Crippen molar-refractivity contribution in [2.75, 3.05) is 0 Å². The van der Waals surface area contributed by atoms with Gasteiger partial charge in [0.2, 0.25) is 0 Å². The molecule has 2 aromatic carbocycles. The number of amides is 2. The van der Waals surface area contributed by atoms with Crippen LogP contribution in [-0.2, 0) is 10.2 Å². The number of benzene rings is 2. The van der Waals surface area contributed by atoms with Gasteiger partial charge in [-0.25, -0.2) is 0 Å². The molecule has 4 nitrogen and oxygen atoms in total. The lowest BCUT2D eigenvalue weighted by molar-refractivity contribution is -0.117. The summed E-state index contributed by atoms with van der Waals surface area (Å²) in [4.78, 5) is 23.9. The van der Waals surface area contributed by atoms with E-state index < -0.39 is 5.91 Å². The Hall–Kier alpha value is -2.40. The fraction of sp³-hybridized carbons (Fsp3) is 0.200. The molecule has 0 saturated heterocycles. The molecule has 0 radical (unpaired) electrons. The first-order valence-corrected chi connectivity index (χ1v) is 8.69. The van der Waals surface area contributed by atoms with Gasteiger partial charge in [0.1, 0.15) is 0 Å². The topological polar surface area (TPSA) is 58.2 Å². The predicted molar refractivity (Wildman–Crippen MR) is 104 cm³/mol. The average Bonchev–Trinajstić information content (AvgIpc) is 2.57. The highest BCUT2D eigenvalue weighted by Crippen LogP contribution is 2.22. The monoisotopic (exact) mass is 400 g/mol. The van der Waals surface area contributed by atoms with E-state index in [4.69, 9.17) is 0 Å². The lowest BCUT2D eigenvalue weighted by Crippen LogP contribution is -2.40. The van der Waals surface area contributed by atoms with E-state index in [-0.39, 0.29) is 11.3 Å². The van der Waals surface area contributed by atoms with Crippen LogP contribution < -0.4 is 10.9 Å². The van der Waals surface area contributed by atoms with Gasteiger partial charge in [-0.2, -0.15) is 0 Å². The molecule has 5 heteroatoms. The molecule has 0 fully saturated rings. The summed E-state index contributed by atoms with van der Waals surface area (Å²) in [7, 11) is 0. The SMILES string of the molecule is CC(C)(C)c1ccc(C(=O)NNC(=O)/C=C/c2cccc(Br)c2)cc1. The number of hydrazine groups is 1. The quantitative estimate of drug-likeness (QED) is 0.598. The van der Waals surface area contributed by atoms with Crippen molar-refractivity contribution in [2.24, 2.45) is 0 Å². The van der Waals surface area contributed by atoms with Crippen LogP contribution in [-0.4, -0.2) is 11.8 Å². The van der Waals surface area contributed by atoms with Gasteiger partial charge in [-0.3, -0.25) is 20.4 Å². The van der Waals surface area contributed by atoms with Gasteiger partial charge in [0, 0.05) is 16.1 Å². The summed E-state index contributed by atoms with van der Waals surface area (Å²) in [5.41, 5.74) is 7.32. The molecule has 130 valence electrons. The van der Waals surface area contributed by atoms with Crippen LogP contribution in [0.1, 0.15) is 42.3 Å². The van der Waals surface area contributed by atoms with Gasteiger partial charge in [0.05, 0.1) is 0 Å². The Balaban J connectivity index is 1.90. The second kappa shape index (κ2) is 8.12. The van der Waals surface area contributed by atoms with Crippen LogP contribution in [0.4, 0.5) is 0 Å². The molecular formula is C20H21BrN2O2. The smallest absolute Gasteiger partial charge is 0.268 e. The molecule has 0 saturated carbocycles. The fourth-order valence-corrected chi connectivity index (χ4v) is 2.55. The van der Waals surface area contributed by atoms with Gasteiger partial charge >= 0.3 is 0 Å². The van der Waals surface area contributed by atoms with E-state index in [1.165, 1.54) is 6.08 Å². The lowest BCUT2D eigenvalue weighted by Gasteiger charge is -2.19. The van der Waals surface area contributed by atoms with Gasteiger partial charge in [-0.1, -0.05) is 61.0 Å². The summed E-state index contributed by atoms with van der Waals surface area (Å²) in [6.07, 6.45) is 3.04. The maximum absolute atomic E-state index is 12.1. The number of carbonyl (C=O) groups is 2. The van der Waals surface area contributed by atoms with Gasteiger partial charge in [0.25, 0.3) is 11.8 Å². The third-order valence-electron chi connectivity index (χ3n) is 3.59. The van der Waals surface area contributed by atoms with Crippen molar-refractivity contribution < 1.29 is 9.59 Å². The van der Waals surface area contributed by atoms with E-state index >= 15 is 0 Å². The van der Waals surface area contributed by atoms with E-state index in [9.17, 15) is 9.59 Å². The van der Waals surface area contributed by atoms with Crippen molar-refractivity contribution >= 4 is 33.8 Å². The minimum atomic E-state index is -0.403. The predicted octanol–water partition coefficient (Wildman–Crippen LogP) is 4.22. The van der Waals surface area contributed by atoms with Crippen molar-refractivity contribution in [1.82, 2.24) is 10.9 Å². The van der Waals surface area contributed by atoms with Crippen LogP contribution in [0.2, 0.25) is 0 Å². The normalized spacial score (nSPS) is 11.4. The summed E-state index contributed by atoms with van der Waals surface area (Å²) in [6.45, 7) is 6.33. The first-order chi connectivity index (χ1) is 11.8. The van der Waals surface area contributed by atoms with E-state index in [0.29, 0.717) is 5.56 Å². The van der Waals surface area contributed by atoms with Crippen molar-refractivity contribution in [3.63, 3.8) is 0 Å². The average molecular weight is 401 g/mol. The first-order valence-electron chi connectivity index (χ1n) is 7.90. The second-order valence-corrected chi connectivity index (χ2v) is 7.57. The number of hydrogen-bond donors (Lipinski definition) is 2. The molecule has 25 heavy (non-hydrogen) atoms. The minimum absolute atomic E-state index is 0.0282. The zero-order valence-corrected chi connectivity index (χ0v) is 16.1. The Bertz CT molecular complexity index is 790. The highest BCUT2D eigenvalue weighted by molar-refractivity contribution is 9.10. The molecule has 2 N–H and O–H groups in total. The second-order valence-electron chi connectivity index (χ2n) is 6.66. The Morgan fingerprint density at radius 1 is 1.00 bits per heavy atom. The Labute approximate surface area is 156 Å². The van der Waals surface area contributed by atoms with E-state index in [2.05, 4.69) is 47.6 Å². The Morgan fingerprint density at radius 3 is 2.28 bits per heavy atom. The lowest BCUT2D eigenvalue weighted by atomic mass is 9.87. The van der Waals surface area contributed by atoms with Crippen LogP contribution >= 0.6 is 15.9 Å². The van der Waals surface area contributed by atoms with E-state index in [1.54, 1.807) is 18.2 Å². The Morgan fingerprint density at radius 2 is 1.68 bits per heavy atom. The summed E-state index contributed by atoms with van der Waals surface area (Å²) in [6, 6.07) is 14.9. The molecule has 0 aromatic heterocycles. The largest absolute Gasteiger partial charge is 0.269 e. The molecule has 2 rings (SSSR count). The number of rotatable bonds is 3. The molecule has 0 aliphatic rings. The molecule has 0 bridgehead atoms. The van der Waals surface area contributed by atoms with E-state index in [0.717, 1.165) is 15.6 Å². The first kappa shape index (κ1) is 18.9. The molecule has 0 spiro atoms. The van der Waals surface area contributed by atoms with Gasteiger partial charge in [-0.15, -0.1) is 0 Å². The summed E-state index contributed by atoms with van der Waals surface area (Å²) < 4.78 is 0.932. The number of carbonyl (C=O) groups excluding carboxylic acids is 2. The molecule has 2 aromatic rings. The van der Waals surface area contributed by atoms with Crippen LogP contribution in [0.5, 0.6) is 0 Å². The number of halogens is 1. The van der Waals surface area contributed by atoms with Crippen LogP contribution in [0.15, 0.2) is 59.1 Å². The van der Waals surface area contributed by atoms with Crippen LogP contribution in [0, 0.1) is 0 Å². The van der Waals surface area contributed by atoms with Crippen molar-refractivity contribution in [3.8, 4) is 0 Å². The maximum Gasteiger partial charge on any atom is 0.269 e. The van der Waals surface area contributed by atoms with Gasteiger partial charge < -0.3 is 0 Å². The molecule has 2 amide bonds. The molecule has 0 heterocycles.